The van der Waals surface area contributed by atoms with Crippen molar-refractivity contribution in [1.82, 2.24) is 10.2 Å². The number of benzene rings is 2. The van der Waals surface area contributed by atoms with Gasteiger partial charge in [-0.25, -0.2) is 0 Å². The highest BCUT2D eigenvalue weighted by Crippen LogP contribution is 2.37. The lowest BCUT2D eigenvalue weighted by Crippen LogP contribution is -2.49. The molecule has 4 nitrogen and oxygen atoms in total. The Kier molecular flexibility index (Phi) is 6.73. The van der Waals surface area contributed by atoms with E-state index in [2.05, 4.69) is 5.32 Å². The maximum absolute atomic E-state index is 13.2. The minimum absolute atomic E-state index is 0.0153. The predicted octanol–water partition coefficient (Wildman–Crippen LogP) is 4.95. The molecular weight excluding hydrogens is 438 g/mol. The Labute approximate surface area is 181 Å². The second-order valence-corrected chi connectivity index (χ2v) is 7.65. The first-order chi connectivity index (χ1) is 14.9. The molecule has 0 bridgehead atoms. The number of piperidine rings is 1. The topological polar surface area (TPSA) is 41.6 Å². The number of amides is 1. The van der Waals surface area contributed by atoms with Gasteiger partial charge in [0.2, 0.25) is 0 Å². The van der Waals surface area contributed by atoms with Gasteiger partial charge in [-0.05, 0) is 48.9 Å². The summed E-state index contributed by atoms with van der Waals surface area (Å²) in [6, 6.07) is 7.70. The molecule has 1 aliphatic rings. The largest absolute Gasteiger partial charge is 0.497 e. The Hall–Kier alpha value is -2.75. The zero-order chi connectivity index (χ0) is 23.7. The van der Waals surface area contributed by atoms with Gasteiger partial charge in [0.25, 0.3) is 5.91 Å². The van der Waals surface area contributed by atoms with Gasteiger partial charge in [0.15, 0.2) is 0 Å². The molecule has 1 fully saturated rings. The van der Waals surface area contributed by atoms with Crippen LogP contribution in [-0.4, -0.2) is 44.1 Å². The third kappa shape index (κ3) is 5.17. The number of nitrogens with one attached hydrogen (secondary N) is 1. The van der Waals surface area contributed by atoms with Crippen LogP contribution in [0.4, 0.5) is 26.3 Å². The maximum atomic E-state index is 13.2. The Balaban J connectivity index is 1.95. The van der Waals surface area contributed by atoms with Crippen molar-refractivity contribution in [3.05, 3.63) is 64.7 Å². The van der Waals surface area contributed by atoms with E-state index in [1.54, 1.807) is 12.1 Å². The van der Waals surface area contributed by atoms with Gasteiger partial charge in [0, 0.05) is 31.1 Å². The van der Waals surface area contributed by atoms with Crippen molar-refractivity contribution in [2.75, 3.05) is 27.2 Å². The van der Waals surface area contributed by atoms with Crippen LogP contribution in [0, 0.1) is 0 Å². The zero-order valence-corrected chi connectivity index (χ0v) is 17.3. The van der Waals surface area contributed by atoms with Crippen molar-refractivity contribution in [2.24, 2.45) is 0 Å². The molecule has 0 aromatic heterocycles. The molecule has 3 rings (SSSR count). The molecule has 32 heavy (non-hydrogen) atoms. The molecule has 2 aromatic carbocycles. The summed E-state index contributed by atoms with van der Waals surface area (Å²) < 4.78 is 84.3. The lowest BCUT2D eigenvalue weighted by atomic mass is 9.85. The van der Waals surface area contributed by atoms with Crippen LogP contribution in [0.5, 0.6) is 5.75 Å². The van der Waals surface area contributed by atoms with E-state index in [-0.39, 0.29) is 12.0 Å². The van der Waals surface area contributed by atoms with E-state index in [0.717, 1.165) is 5.56 Å². The van der Waals surface area contributed by atoms with Gasteiger partial charge in [-0.15, -0.1) is 0 Å². The van der Waals surface area contributed by atoms with E-state index in [0.29, 0.717) is 37.4 Å². The fraction of sp³-hybridized carbons (Fsp3) is 0.409. The standard InChI is InChI=1S/C22H22F6N2O2/c1-30(19-7-8-29-12-18(19)13-3-5-17(32-2)6-4-13)20(31)14-9-15(21(23,24)25)11-16(10-14)22(26,27)28/h3-6,9-11,18-19,29H,7-8,12H2,1-2H3/t18-,19+/m0/s1. The van der Waals surface area contributed by atoms with Gasteiger partial charge in [-0.1, -0.05) is 12.1 Å². The van der Waals surface area contributed by atoms with Gasteiger partial charge in [0.05, 0.1) is 18.2 Å². The molecule has 0 aliphatic carbocycles. The number of hydrogen-bond donors (Lipinski definition) is 1. The number of nitrogens with zero attached hydrogens (tertiary/aromatic N) is 1. The molecule has 174 valence electrons. The van der Waals surface area contributed by atoms with Crippen LogP contribution in [0.25, 0.3) is 0 Å². The molecule has 1 N–H and O–H groups in total. The number of carbonyl (C=O) groups is 1. The summed E-state index contributed by atoms with van der Waals surface area (Å²) in [5.41, 5.74) is -2.80. The van der Waals surface area contributed by atoms with Crippen LogP contribution < -0.4 is 10.1 Å². The van der Waals surface area contributed by atoms with Gasteiger partial charge in [-0.3, -0.25) is 4.79 Å². The fourth-order valence-corrected chi connectivity index (χ4v) is 3.93. The molecule has 10 heteroatoms. The first-order valence-corrected chi connectivity index (χ1v) is 9.83. The highest BCUT2D eigenvalue weighted by molar-refractivity contribution is 5.94. The fourth-order valence-electron chi connectivity index (χ4n) is 3.93. The second-order valence-electron chi connectivity index (χ2n) is 7.65. The molecule has 1 heterocycles. The van der Waals surface area contributed by atoms with Crippen LogP contribution in [0.3, 0.4) is 0 Å². The summed E-state index contributed by atoms with van der Waals surface area (Å²) in [4.78, 5) is 14.3. The number of ether oxygens (including phenoxy) is 1. The van der Waals surface area contributed by atoms with Crippen LogP contribution in [0.15, 0.2) is 42.5 Å². The molecule has 2 aromatic rings. The second kappa shape index (κ2) is 9.01. The van der Waals surface area contributed by atoms with Crippen LogP contribution >= 0.6 is 0 Å². The number of hydrogen-bond acceptors (Lipinski definition) is 3. The number of alkyl halides is 6. The van der Waals surface area contributed by atoms with E-state index in [9.17, 15) is 31.1 Å². The lowest BCUT2D eigenvalue weighted by molar-refractivity contribution is -0.143. The number of methoxy groups -OCH3 is 1. The van der Waals surface area contributed by atoms with Crippen LogP contribution in [0.2, 0.25) is 0 Å². The first-order valence-electron chi connectivity index (χ1n) is 9.83. The molecule has 0 unspecified atom stereocenters. The maximum Gasteiger partial charge on any atom is 0.416 e. The van der Waals surface area contributed by atoms with Crippen LogP contribution in [0.1, 0.15) is 39.4 Å². The Morgan fingerprint density at radius 1 is 1.00 bits per heavy atom. The molecule has 1 saturated heterocycles. The van der Waals surface area contributed by atoms with Gasteiger partial charge in [0.1, 0.15) is 5.75 Å². The minimum atomic E-state index is -5.02. The lowest BCUT2D eigenvalue weighted by Gasteiger charge is -2.39. The highest BCUT2D eigenvalue weighted by atomic mass is 19.4. The summed E-state index contributed by atoms with van der Waals surface area (Å²) in [6.45, 7) is 1.07. The molecule has 1 aliphatic heterocycles. The summed E-state index contributed by atoms with van der Waals surface area (Å²) in [5, 5.41) is 3.22. The highest BCUT2D eigenvalue weighted by Gasteiger charge is 2.39. The zero-order valence-electron chi connectivity index (χ0n) is 17.3. The molecular formula is C22H22F6N2O2. The number of rotatable bonds is 4. The van der Waals surface area contributed by atoms with E-state index in [1.807, 2.05) is 12.1 Å². The van der Waals surface area contributed by atoms with E-state index < -0.39 is 41.0 Å². The van der Waals surface area contributed by atoms with Crippen molar-refractivity contribution in [1.29, 1.82) is 0 Å². The van der Waals surface area contributed by atoms with Gasteiger partial charge >= 0.3 is 12.4 Å². The van der Waals surface area contributed by atoms with E-state index in [4.69, 9.17) is 4.74 Å². The van der Waals surface area contributed by atoms with Crippen molar-refractivity contribution in [2.45, 2.75) is 30.7 Å². The predicted molar refractivity (Wildman–Crippen MR) is 106 cm³/mol. The first kappa shape index (κ1) is 23.9. The average Bonchev–Trinajstić information content (AvgIpc) is 2.76. The number of halogens is 6. The number of carbonyl (C=O) groups excluding carboxylic acids is 1. The molecule has 0 spiro atoms. The third-order valence-corrected chi connectivity index (χ3v) is 5.64. The minimum Gasteiger partial charge on any atom is -0.497 e. The van der Waals surface area contributed by atoms with Crippen molar-refractivity contribution < 1.29 is 35.9 Å². The molecule has 2 atom stereocenters. The molecule has 0 radical (unpaired) electrons. The Bertz CT molecular complexity index is 924. The Morgan fingerprint density at radius 2 is 1.56 bits per heavy atom. The quantitative estimate of drug-likeness (QED) is 0.657. The SMILES string of the molecule is COc1ccc([C@@H]2CNCC[C@H]2N(C)C(=O)c2cc(C(F)(F)F)cc(C(F)(F)F)c2)cc1. The monoisotopic (exact) mass is 460 g/mol. The normalized spacial score (nSPS) is 19.5. The van der Waals surface area contributed by atoms with Crippen molar-refractivity contribution in [3.63, 3.8) is 0 Å². The smallest absolute Gasteiger partial charge is 0.416 e. The molecule has 0 saturated carbocycles. The summed E-state index contributed by atoms with van der Waals surface area (Å²) in [7, 11) is 2.93. The average molecular weight is 460 g/mol. The van der Waals surface area contributed by atoms with Crippen LogP contribution in [-0.2, 0) is 12.4 Å². The third-order valence-electron chi connectivity index (χ3n) is 5.64. The summed E-state index contributed by atoms with van der Waals surface area (Å²) >= 11 is 0. The Morgan fingerprint density at radius 3 is 2.06 bits per heavy atom. The summed E-state index contributed by atoms with van der Waals surface area (Å²) in [5.74, 6) is -0.453. The molecule has 1 amide bonds. The van der Waals surface area contributed by atoms with Crippen molar-refractivity contribution >= 4 is 5.91 Å². The summed E-state index contributed by atoms with van der Waals surface area (Å²) in [6.07, 6.45) is -9.55. The van der Waals surface area contributed by atoms with Crippen molar-refractivity contribution in [3.8, 4) is 5.75 Å². The van der Waals surface area contributed by atoms with E-state index >= 15 is 0 Å². The van der Waals surface area contributed by atoms with Gasteiger partial charge < -0.3 is 15.0 Å². The van der Waals surface area contributed by atoms with E-state index in [1.165, 1.54) is 19.1 Å². The number of likely N-dealkylation sites (N-methyl/N-ethyl adjacent to an activating group) is 1. The van der Waals surface area contributed by atoms with Gasteiger partial charge in [-0.2, -0.15) is 26.3 Å².